The SMILES string of the molecule is CCS(=O)(=O)c1ccc(C(=O)Nc2cccc(S(=O)(=O)NC(C)(C)C)c2)cc1. The molecule has 0 saturated carbocycles. The topological polar surface area (TPSA) is 109 Å². The molecule has 0 aromatic heterocycles. The van der Waals surface area contributed by atoms with Crippen LogP contribution in [0, 0.1) is 0 Å². The zero-order chi connectivity index (χ0) is 21.2. The number of carbonyl (C=O) groups is 1. The minimum absolute atomic E-state index is 0.0254. The van der Waals surface area contributed by atoms with Gasteiger partial charge >= 0.3 is 0 Å². The zero-order valence-corrected chi connectivity index (χ0v) is 17.8. The first kappa shape index (κ1) is 22.1. The summed E-state index contributed by atoms with van der Waals surface area (Å²) in [6, 6.07) is 11.5. The van der Waals surface area contributed by atoms with E-state index in [1.54, 1.807) is 33.8 Å². The van der Waals surface area contributed by atoms with Crippen molar-refractivity contribution in [2.75, 3.05) is 11.1 Å². The first-order chi connectivity index (χ1) is 12.8. The van der Waals surface area contributed by atoms with Gasteiger partial charge in [-0.15, -0.1) is 0 Å². The number of sulfonamides is 1. The summed E-state index contributed by atoms with van der Waals surface area (Å²) in [5.41, 5.74) is -0.0678. The van der Waals surface area contributed by atoms with Crippen LogP contribution in [-0.2, 0) is 19.9 Å². The van der Waals surface area contributed by atoms with Gasteiger partial charge < -0.3 is 5.32 Å². The standard InChI is InChI=1S/C19H24N2O5S2/c1-5-27(23,24)16-11-9-14(10-12-16)18(22)20-15-7-6-8-17(13-15)28(25,26)21-19(2,3)4/h6-13,21H,5H2,1-4H3,(H,20,22). The van der Waals surface area contributed by atoms with Crippen molar-refractivity contribution in [3.05, 3.63) is 54.1 Å². The molecule has 2 rings (SSSR count). The quantitative estimate of drug-likeness (QED) is 0.741. The molecule has 2 aromatic rings. The minimum Gasteiger partial charge on any atom is -0.322 e. The van der Waals surface area contributed by atoms with Crippen molar-refractivity contribution in [3.63, 3.8) is 0 Å². The summed E-state index contributed by atoms with van der Waals surface area (Å²) in [6.45, 7) is 6.75. The highest BCUT2D eigenvalue weighted by Gasteiger charge is 2.22. The van der Waals surface area contributed by atoms with E-state index in [2.05, 4.69) is 10.0 Å². The molecule has 0 bridgehead atoms. The third kappa shape index (κ3) is 5.63. The highest BCUT2D eigenvalue weighted by Crippen LogP contribution is 2.19. The molecule has 0 unspecified atom stereocenters. The van der Waals surface area contributed by atoms with Gasteiger partial charge in [-0.25, -0.2) is 21.6 Å². The Kier molecular flexibility index (Phi) is 6.32. The number of anilines is 1. The Hall–Kier alpha value is -2.23. The van der Waals surface area contributed by atoms with Gasteiger partial charge in [0.1, 0.15) is 0 Å². The summed E-state index contributed by atoms with van der Waals surface area (Å²) in [4.78, 5) is 12.6. The molecule has 2 aromatic carbocycles. The summed E-state index contributed by atoms with van der Waals surface area (Å²) in [6.07, 6.45) is 0. The van der Waals surface area contributed by atoms with Crippen molar-refractivity contribution in [3.8, 4) is 0 Å². The van der Waals surface area contributed by atoms with Crippen LogP contribution in [0.5, 0.6) is 0 Å². The molecule has 152 valence electrons. The molecule has 0 radical (unpaired) electrons. The molecule has 0 fully saturated rings. The van der Waals surface area contributed by atoms with Crippen molar-refractivity contribution in [1.82, 2.24) is 4.72 Å². The zero-order valence-electron chi connectivity index (χ0n) is 16.2. The van der Waals surface area contributed by atoms with E-state index in [4.69, 9.17) is 0 Å². The van der Waals surface area contributed by atoms with Crippen LogP contribution in [0.25, 0.3) is 0 Å². The van der Waals surface area contributed by atoms with Gasteiger partial charge in [-0.3, -0.25) is 4.79 Å². The second kappa shape index (κ2) is 8.02. The number of benzene rings is 2. The Labute approximate surface area is 166 Å². The van der Waals surface area contributed by atoms with Crippen molar-refractivity contribution in [2.24, 2.45) is 0 Å². The monoisotopic (exact) mass is 424 g/mol. The molecule has 1 amide bonds. The van der Waals surface area contributed by atoms with Gasteiger partial charge in [0.25, 0.3) is 5.91 Å². The maximum absolute atomic E-state index is 12.4. The summed E-state index contributed by atoms with van der Waals surface area (Å²) in [5.74, 6) is -0.499. The number of hydrogen-bond donors (Lipinski definition) is 2. The lowest BCUT2D eigenvalue weighted by Crippen LogP contribution is -2.40. The highest BCUT2D eigenvalue weighted by molar-refractivity contribution is 7.91. The third-order valence-electron chi connectivity index (χ3n) is 3.70. The number of hydrogen-bond acceptors (Lipinski definition) is 5. The van der Waals surface area contributed by atoms with E-state index in [0.29, 0.717) is 5.69 Å². The lowest BCUT2D eigenvalue weighted by molar-refractivity contribution is 0.102. The summed E-state index contributed by atoms with van der Waals surface area (Å²) in [7, 11) is -7.08. The molecule has 0 atom stereocenters. The van der Waals surface area contributed by atoms with E-state index in [1.807, 2.05) is 0 Å². The van der Waals surface area contributed by atoms with Crippen LogP contribution in [0.2, 0.25) is 0 Å². The fraction of sp³-hybridized carbons (Fsp3) is 0.316. The summed E-state index contributed by atoms with van der Waals surface area (Å²) >= 11 is 0. The van der Waals surface area contributed by atoms with Crippen LogP contribution in [0.3, 0.4) is 0 Å². The van der Waals surface area contributed by atoms with Gasteiger partial charge in [0.15, 0.2) is 9.84 Å². The molecule has 0 aliphatic heterocycles. The molecule has 0 aliphatic rings. The Morgan fingerprint density at radius 1 is 0.929 bits per heavy atom. The Bertz CT molecular complexity index is 1070. The molecule has 2 N–H and O–H groups in total. The number of amides is 1. The molecule has 0 saturated heterocycles. The molecule has 0 spiro atoms. The van der Waals surface area contributed by atoms with E-state index in [-0.39, 0.29) is 21.1 Å². The normalized spacial score (nSPS) is 12.6. The average Bonchev–Trinajstić information content (AvgIpc) is 2.60. The second-order valence-corrected chi connectivity index (χ2v) is 11.2. The first-order valence-electron chi connectivity index (χ1n) is 8.62. The summed E-state index contributed by atoms with van der Waals surface area (Å²) < 4.78 is 51.1. The van der Waals surface area contributed by atoms with E-state index >= 15 is 0 Å². The predicted octanol–water partition coefficient (Wildman–Crippen LogP) is 2.81. The van der Waals surface area contributed by atoms with Crippen LogP contribution in [0.1, 0.15) is 38.1 Å². The van der Waals surface area contributed by atoms with Gasteiger partial charge in [-0.1, -0.05) is 13.0 Å². The smallest absolute Gasteiger partial charge is 0.255 e. The van der Waals surface area contributed by atoms with Crippen LogP contribution in [0.15, 0.2) is 58.3 Å². The van der Waals surface area contributed by atoms with Crippen LogP contribution in [-0.4, -0.2) is 34.0 Å². The highest BCUT2D eigenvalue weighted by atomic mass is 32.2. The summed E-state index contributed by atoms with van der Waals surface area (Å²) in [5, 5.41) is 2.63. The molecular weight excluding hydrogens is 400 g/mol. The fourth-order valence-electron chi connectivity index (χ4n) is 2.39. The van der Waals surface area contributed by atoms with Crippen LogP contribution < -0.4 is 10.0 Å². The Morgan fingerprint density at radius 2 is 1.54 bits per heavy atom. The van der Waals surface area contributed by atoms with Crippen LogP contribution >= 0.6 is 0 Å². The number of sulfone groups is 1. The lowest BCUT2D eigenvalue weighted by atomic mass is 10.1. The van der Waals surface area contributed by atoms with Crippen molar-refractivity contribution in [1.29, 1.82) is 0 Å². The van der Waals surface area contributed by atoms with Crippen molar-refractivity contribution in [2.45, 2.75) is 43.0 Å². The van der Waals surface area contributed by atoms with Gasteiger partial charge in [0.05, 0.1) is 15.5 Å². The van der Waals surface area contributed by atoms with E-state index < -0.39 is 31.3 Å². The van der Waals surface area contributed by atoms with E-state index in [0.717, 1.165) is 0 Å². The maximum Gasteiger partial charge on any atom is 0.255 e. The maximum atomic E-state index is 12.4. The third-order valence-corrected chi connectivity index (χ3v) is 7.20. The van der Waals surface area contributed by atoms with E-state index in [1.165, 1.54) is 42.5 Å². The second-order valence-electron chi connectivity index (χ2n) is 7.27. The Balaban J connectivity index is 2.21. The average molecular weight is 425 g/mol. The molecule has 28 heavy (non-hydrogen) atoms. The molecule has 0 aliphatic carbocycles. The largest absolute Gasteiger partial charge is 0.322 e. The Morgan fingerprint density at radius 3 is 2.07 bits per heavy atom. The first-order valence-corrected chi connectivity index (χ1v) is 11.8. The number of carbonyl (C=O) groups excluding carboxylic acids is 1. The molecule has 7 nitrogen and oxygen atoms in total. The van der Waals surface area contributed by atoms with Crippen LogP contribution in [0.4, 0.5) is 5.69 Å². The molecule has 0 heterocycles. The molecule has 9 heteroatoms. The van der Waals surface area contributed by atoms with E-state index in [9.17, 15) is 21.6 Å². The fourth-order valence-corrected chi connectivity index (χ4v) is 4.73. The van der Waals surface area contributed by atoms with Crippen molar-refractivity contribution >= 4 is 31.5 Å². The minimum atomic E-state index is -3.73. The van der Waals surface area contributed by atoms with Crippen molar-refractivity contribution < 1.29 is 21.6 Å². The predicted molar refractivity (Wildman–Crippen MR) is 109 cm³/mol. The number of nitrogens with one attached hydrogen (secondary N) is 2. The van der Waals surface area contributed by atoms with Gasteiger partial charge in [-0.05, 0) is 63.2 Å². The lowest BCUT2D eigenvalue weighted by Gasteiger charge is -2.20. The molecular formula is C19H24N2O5S2. The number of rotatable bonds is 6. The van der Waals surface area contributed by atoms with Gasteiger partial charge in [0.2, 0.25) is 10.0 Å². The van der Waals surface area contributed by atoms with Gasteiger partial charge in [-0.2, -0.15) is 0 Å². The van der Waals surface area contributed by atoms with Gasteiger partial charge in [0, 0.05) is 16.8 Å².